The van der Waals surface area contributed by atoms with Crippen molar-refractivity contribution in [3.05, 3.63) is 54.3 Å². The van der Waals surface area contributed by atoms with Crippen molar-refractivity contribution in [1.82, 2.24) is 25.1 Å². The molecular weight excluding hydrogens is 394 g/mol. The fourth-order valence-electron chi connectivity index (χ4n) is 4.33. The number of amides is 1. The molecule has 1 aliphatic carbocycles. The largest absolute Gasteiger partial charge is 0.356 e. The summed E-state index contributed by atoms with van der Waals surface area (Å²) in [4.78, 5) is 16.5. The van der Waals surface area contributed by atoms with Crippen molar-refractivity contribution in [2.45, 2.75) is 32.2 Å². The molecule has 0 saturated heterocycles. The molecule has 2 heterocycles. The van der Waals surface area contributed by atoms with Gasteiger partial charge in [-0.05, 0) is 49.4 Å². The summed E-state index contributed by atoms with van der Waals surface area (Å²) < 4.78 is 3.33. The van der Waals surface area contributed by atoms with Gasteiger partial charge in [-0.2, -0.15) is 0 Å². The molecule has 1 aliphatic rings. The lowest BCUT2D eigenvalue weighted by molar-refractivity contribution is -0.124. The molecule has 0 radical (unpaired) electrons. The number of thiazole rings is 1. The molecule has 1 saturated carbocycles. The molecule has 4 aromatic rings. The standard InChI is InChI=1S/C23H23N5OS/c1-2-24-23(29)18-7-9-19(11-18)28-13-26-27-22(28)16-5-3-15(4-6-16)17-8-10-20-21(12-17)30-14-25-20/h3-6,8,10,12-14,18-19H,2,7,9,11H2,1H3,(H,24,29)/t18-,19+/m0/s1. The molecule has 5 rings (SSSR count). The molecule has 30 heavy (non-hydrogen) atoms. The number of aromatic nitrogens is 4. The molecule has 6 nitrogen and oxygen atoms in total. The van der Waals surface area contributed by atoms with Crippen molar-refractivity contribution in [3.63, 3.8) is 0 Å². The topological polar surface area (TPSA) is 72.7 Å². The van der Waals surface area contributed by atoms with Crippen LogP contribution in [0.4, 0.5) is 0 Å². The van der Waals surface area contributed by atoms with E-state index in [1.165, 1.54) is 10.3 Å². The predicted molar refractivity (Wildman–Crippen MR) is 119 cm³/mol. The first-order chi connectivity index (χ1) is 14.7. The number of nitrogens with one attached hydrogen (secondary N) is 1. The maximum absolute atomic E-state index is 12.2. The first-order valence-electron chi connectivity index (χ1n) is 10.3. The van der Waals surface area contributed by atoms with E-state index in [0.29, 0.717) is 6.54 Å². The summed E-state index contributed by atoms with van der Waals surface area (Å²) in [5.74, 6) is 1.10. The van der Waals surface area contributed by atoms with Crippen molar-refractivity contribution in [3.8, 4) is 22.5 Å². The van der Waals surface area contributed by atoms with Gasteiger partial charge in [-0.3, -0.25) is 4.79 Å². The van der Waals surface area contributed by atoms with Crippen LogP contribution in [0.2, 0.25) is 0 Å². The Balaban J connectivity index is 1.37. The Kier molecular flexibility index (Phi) is 5.04. The normalized spacial score (nSPS) is 18.7. The van der Waals surface area contributed by atoms with Gasteiger partial charge in [0.25, 0.3) is 0 Å². The van der Waals surface area contributed by atoms with Gasteiger partial charge in [-0.25, -0.2) is 4.98 Å². The van der Waals surface area contributed by atoms with Crippen molar-refractivity contribution < 1.29 is 4.79 Å². The van der Waals surface area contributed by atoms with Gasteiger partial charge in [0.05, 0.1) is 15.7 Å². The Morgan fingerprint density at radius 1 is 1.13 bits per heavy atom. The van der Waals surface area contributed by atoms with E-state index in [9.17, 15) is 4.79 Å². The summed E-state index contributed by atoms with van der Waals surface area (Å²) in [6, 6.07) is 15.1. The highest BCUT2D eigenvalue weighted by atomic mass is 32.1. The average molecular weight is 418 g/mol. The molecule has 2 aromatic heterocycles. The van der Waals surface area contributed by atoms with Crippen molar-refractivity contribution in [2.24, 2.45) is 5.92 Å². The van der Waals surface area contributed by atoms with E-state index in [-0.39, 0.29) is 17.9 Å². The van der Waals surface area contributed by atoms with Gasteiger partial charge in [0, 0.05) is 24.1 Å². The molecule has 152 valence electrons. The predicted octanol–water partition coefficient (Wildman–Crippen LogP) is 4.70. The van der Waals surface area contributed by atoms with Crippen LogP contribution in [-0.2, 0) is 4.79 Å². The molecular formula is C23H23N5OS. The van der Waals surface area contributed by atoms with Gasteiger partial charge in [-0.1, -0.05) is 30.3 Å². The van der Waals surface area contributed by atoms with E-state index in [1.54, 1.807) is 17.7 Å². The minimum atomic E-state index is 0.0780. The molecule has 2 aromatic carbocycles. The van der Waals surface area contributed by atoms with Crippen molar-refractivity contribution in [1.29, 1.82) is 0 Å². The fourth-order valence-corrected chi connectivity index (χ4v) is 5.05. The third-order valence-corrected chi connectivity index (χ3v) is 6.69. The second kappa shape index (κ2) is 7.99. The Bertz CT molecular complexity index is 1180. The van der Waals surface area contributed by atoms with Crippen LogP contribution < -0.4 is 5.32 Å². The van der Waals surface area contributed by atoms with E-state index < -0.39 is 0 Å². The smallest absolute Gasteiger partial charge is 0.223 e. The highest BCUT2D eigenvalue weighted by Gasteiger charge is 2.31. The van der Waals surface area contributed by atoms with Gasteiger partial charge in [-0.15, -0.1) is 21.5 Å². The summed E-state index contributed by atoms with van der Waals surface area (Å²) in [6.07, 6.45) is 4.52. The number of benzene rings is 2. The number of rotatable bonds is 5. The number of carbonyl (C=O) groups excluding carboxylic acids is 1. The molecule has 7 heteroatoms. The Hall–Kier alpha value is -3.06. The van der Waals surface area contributed by atoms with Crippen molar-refractivity contribution in [2.75, 3.05) is 6.54 Å². The SMILES string of the molecule is CCNC(=O)[C@H]1CC[C@@H](n2cnnc2-c2ccc(-c3ccc4ncsc4c3)cc2)C1. The van der Waals surface area contributed by atoms with Crippen molar-refractivity contribution >= 4 is 27.5 Å². The summed E-state index contributed by atoms with van der Waals surface area (Å²) in [6.45, 7) is 2.64. The van der Waals surface area contributed by atoms with Crippen LogP contribution in [0.25, 0.3) is 32.7 Å². The van der Waals surface area contributed by atoms with E-state index in [0.717, 1.165) is 41.7 Å². The molecule has 0 aliphatic heterocycles. The Morgan fingerprint density at radius 3 is 2.77 bits per heavy atom. The highest BCUT2D eigenvalue weighted by Crippen LogP contribution is 2.37. The molecule has 1 fully saturated rings. The molecule has 2 atom stereocenters. The van der Waals surface area contributed by atoms with Gasteiger partial charge in [0.2, 0.25) is 5.91 Å². The number of fused-ring (bicyclic) bond motifs is 1. The number of nitrogens with zero attached hydrogens (tertiary/aromatic N) is 4. The van der Waals surface area contributed by atoms with Gasteiger partial charge >= 0.3 is 0 Å². The molecule has 0 spiro atoms. The minimum Gasteiger partial charge on any atom is -0.356 e. The van der Waals surface area contributed by atoms with Crippen LogP contribution in [0.1, 0.15) is 32.2 Å². The second-order valence-corrected chi connectivity index (χ2v) is 8.62. The molecule has 1 amide bonds. The second-order valence-electron chi connectivity index (χ2n) is 7.73. The number of carbonyl (C=O) groups is 1. The zero-order valence-electron chi connectivity index (χ0n) is 16.8. The maximum Gasteiger partial charge on any atom is 0.223 e. The number of hydrogen-bond donors (Lipinski definition) is 1. The zero-order chi connectivity index (χ0) is 20.5. The highest BCUT2D eigenvalue weighted by molar-refractivity contribution is 7.16. The maximum atomic E-state index is 12.2. The zero-order valence-corrected chi connectivity index (χ0v) is 17.6. The monoisotopic (exact) mass is 417 g/mol. The fraction of sp³-hybridized carbons (Fsp3) is 0.304. The van der Waals surface area contributed by atoms with Crippen LogP contribution in [0.3, 0.4) is 0 Å². The van der Waals surface area contributed by atoms with E-state index >= 15 is 0 Å². The lowest BCUT2D eigenvalue weighted by Crippen LogP contribution is -2.29. The van der Waals surface area contributed by atoms with E-state index in [4.69, 9.17) is 0 Å². The first-order valence-corrected chi connectivity index (χ1v) is 11.2. The van der Waals surface area contributed by atoms with E-state index in [2.05, 4.69) is 67.5 Å². The third-order valence-electron chi connectivity index (χ3n) is 5.90. The third kappa shape index (κ3) is 3.50. The molecule has 0 bridgehead atoms. The summed E-state index contributed by atoms with van der Waals surface area (Å²) >= 11 is 1.66. The molecule has 1 N–H and O–H groups in total. The number of hydrogen-bond acceptors (Lipinski definition) is 5. The van der Waals surface area contributed by atoms with Crippen LogP contribution >= 0.6 is 11.3 Å². The lowest BCUT2D eigenvalue weighted by Gasteiger charge is -2.15. The van der Waals surface area contributed by atoms with Gasteiger partial charge < -0.3 is 9.88 Å². The summed E-state index contributed by atoms with van der Waals surface area (Å²) in [7, 11) is 0. The average Bonchev–Trinajstić information content (AvgIpc) is 3.53. The lowest BCUT2D eigenvalue weighted by atomic mass is 10.0. The summed E-state index contributed by atoms with van der Waals surface area (Å²) in [5, 5.41) is 11.5. The van der Waals surface area contributed by atoms with Crippen LogP contribution in [0, 0.1) is 5.92 Å². The Labute approximate surface area is 179 Å². The van der Waals surface area contributed by atoms with Crippen LogP contribution in [0.15, 0.2) is 54.3 Å². The van der Waals surface area contributed by atoms with Crippen LogP contribution in [-0.4, -0.2) is 32.2 Å². The minimum absolute atomic E-state index is 0.0780. The molecule has 0 unspecified atom stereocenters. The first kappa shape index (κ1) is 18.9. The Morgan fingerprint density at radius 2 is 1.93 bits per heavy atom. The van der Waals surface area contributed by atoms with E-state index in [1.807, 2.05) is 12.4 Å². The van der Waals surface area contributed by atoms with Gasteiger partial charge in [0.15, 0.2) is 5.82 Å². The van der Waals surface area contributed by atoms with Gasteiger partial charge in [0.1, 0.15) is 6.33 Å². The van der Waals surface area contributed by atoms with Crippen LogP contribution in [0.5, 0.6) is 0 Å². The quantitative estimate of drug-likeness (QED) is 0.511. The summed E-state index contributed by atoms with van der Waals surface area (Å²) in [5.41, 5.74) is 6.30.